The number of pyridine rings is 2. The van der Waals surface area contributed by atoms with Gasteiger partial charge in [-0.05, 0) is 50.1 Å². The number of fused-ring (bicyclic) bond motifs is 5. The number of carbonyl (C=O) groups is 2. The third kappa shape index (κ3) is 5.05. The summed E-state index contributed by atoms with van der Waals surface area (Å²) in [5.41, 5.74) is 0.0456. The van der Waals surface area contributed by atoms with Crippen molar-refractivity contribution in [2.45, 2.75) is 45.7 Å². The van der Waals surface area contributed by atoms with Gasteiger partial charge in [-0.2, -0.15) is 4.98 Å². The molecule has 3 aromatic heterocycles. The number of nitrogens with zero attached hydrogens (tertiary/aromatic N) is 7. The molecule has 46 heavy (non-hydrogen) atoms. The maximum absolute atomic E-state index is 16.3. The van der Waals surface area contributed by atoms with Crippen LogP contribution in [0.2, 0.25) is 0 Å². The molecule has 1 aromatic carbocycles. The number of anilines is 3. The topological polar surface area (TPSA) is 117 Å². The van der Waals surface area contributed by atoms with E-state index >= 15 is 8.78 Å². The van der Waals surface area contributed by atoms with Crippen molar-refractivity contribution in [3.05, 3.63) is 77.0 Å². The standard InChI is InChI=1S/C33H34F2N8O3/c1-7-26(45)41-14-19(5)42(15-18(41)4)31-20-13-22(35)29-27-21(34)9-8-10-24(27)40(6)16-25(44)37-23-11-12-36-28(17(2)3)30(23)43(32(20)38-29)33(46)39-31/h7-13,17-19H,1,14-16H2,2-6H3,(H,37,44)/t18-,19+/m1/s1. The predicted molar refractivity (Wildman–Crippen MR) is 172 cm³/mol. The van der Waals surface area contributed by atoms with Crippen molar-refractivity contribution >= 4 is 40.0 Å². The van der Waals surface area contributed by atoms with Gasteiger partial charge in [0.05, 0.1) is 34.6 Å². The monoisotopic (exact) mass is 628 g/mol. The minimum Gasteiger partial charge on any atom is -0.365 e. The molecule has 1 saturated heterocycles. The second-order valence-electron chi connectivity index (χ2n) is 12.1. The molecule has 2 aliphatic rings. The van der Waals surface area contributed by atoms with E-state index in [0.29, 0.717) is 24.5 Å². The first-order chi connectivity index (χ1) is 21.9. The Kier molecular flexibility index (Phi) is 7.78. The summed E-state index contributed by atoms with van der Waals surface area (Å²) in [7, 11) is 1.60. The van der Waals surface area contributed by atoms with Crippen LogP contribution in [0.25, 0.3) is 28.0 Å². The second-order valence-corrected chi connectivity index (χ2v) is 12.1. The Bertz CT molecular complexity index is 1980. The van der Waals surface area contributed by atoms with Gasteiger partial charge in [-0.15, -0.1) is 0 Å². The van der Waals surface area contributed by atoms with Crippen molar-refractivity contribution in [1.29, 1.82) is 0 Å². The van der Waals surface area contributed by atoms with Crippen molar-refractivity contribution in [2.75, 3.05) is 41.8 Å². The number of nitrogens with one attached hydrogen (secondary N) is 1. The summed E-state index contributed by atoms with van der Waals surface area (Å²) < 4.78 is 33.2. The summed E-state index contributed by atoms with van der Waals surface area (Å²) >= 11 is 0. The molecule has 4 aromatic rings. The molecule has 0 saturated carbocycles. The number of piperazine rings is 1. The van der Waals surface area contributed by atoms with Gasteiger partial charge in [0.2, 0.25) is 11.8 Å². The molecule has 0 unspecified atom stereocenters. The van der Waals surface area contributed by atoms with Crippen molar-refractivity contribution in [3.63, 3.8) is 0 Å². The molecular formula is C33H34F2N8O3. The summed E-state index contributed by atoms with van der Waals surface area (Å²) in [5, 5.41) is 3.09. The lowest BCUT2D eigenvalue weighted by atomic mass is 10.0. The Balaban J connectivity index is 1.72. The summed E-state index contributed by atoms with van der Waals surface area (Å²) in [6.45, 7) is 11.5. The molecule has 11 nitrogen and oxygen atoms in total. The Morgan fingerprint density at radius 1 is 1.09 bits per heavy atom. The first kappa shape index (κ1) is 30.8. The fourth-order valence-corrected chi connectivity index (χ4v) is 6.33. The van der Waals surface area contributed by atoms with Crippen molar-refractivity contribution in [1.82, 2.24) is 24.4 Å². The highest BCUT2D eigenvalue weighted by Crippen LogP contribution is 2.38. The van der Waals surface area contributed by atoms with E-state index in [9.17, 15) is 14.4 Å². The molecule has 2 aliphatic heterocycles. The molecule has 0 spiro atoms. The number of likely N-dealkylation sites (N-methyl/N-ethyl adjacent to an activating group) is 1. The molecule has 0 radical (unpaired) electrons. The largest absolute Gasteiger partial charge is 0.365 e. The number of amides is 2. The fourth-order valence-electron chi connectivity index (χ4n) is 6.33. The molecule has 2 amide bonds. The van der Waals surface area contributed by atoms with Gasteiger partial charge in [0.15, 0.2) is 11.5 Å². The van der Waals surface area contributed by atoms with E-state index in [1.54, 1.807) is 24.1 Å². The summed E-state index contributed by atoms with van der Waals surface area (Å²) in [4.78, 5) is 58.9. The molecule has 13 heteroatoms. The minimum atomic E-state index is -0.835. The maximum atomic E-state index is 16.3. The summed E-state index contributed by atoms with van der Waals surface area (Å²) in [6.07, 6.45) is 2.80. The van der Waals surface area contributed by atoms with Crippen LogP contribution in [0.4, 0.5) is 26.0 Å². The van der Waals surface area contributed by atoms with Gasteiger partial charge < -0.3 is 20.0 Å². The summed E-state index contributed by atoms with van der Waals surface area (Å²) in [6, 6.07) is 6.45. The van der Waals surface area contributed by atoms with Crippen molar-refractivity contribution < 1.29 is 18.4 Å². The molecule has 1 fully saturated rings. The van der Waals surface area contributed by atoms with Crippen LogP contribution in [0.3, 0.4) is 0 Å². The number of hydrogen-bond acceptors (Lipinski definition) is 8. The van der Waals surface area contributed by atoms with Crippen molar-refractivity contribution in [3.8, 4) is 16.9 Å². The Hall–Kier alpha value is -5.20. The van der Waals surface area contributed by atoms with Crippen LogP contribution in [0.1, 0.15) is 39.3 Å². The first-order valence-electron chi connectivity index (χ1n) is 15.0. The SMILES string of the molecule is C=CC(=O)N1C[C@H](C)N(c2nc(=O)n3c4nc(c(F)cc24)-c2c(F)cccc2N(C)CC(=O)Nc2ccnc(C(C)C)c2-3)C[C@H]1C. The van der Waals surface area contributed by atoms with Gasteiger partial charge in [-0.25, -0.2) is 23.1 Å². The second kappa shape index (κ2) is 11.6. The normalized spacial score (nSPS) is 18.2. The number of benzene rings is 1. The molecule has 6 rings (SSSR count). The molecular weight excluding hydrogens is 594 g/mol. The zero-order chi connectivity index (χ0) is 33.0. The summed E-state index contributed by atoms with van der Waals surface area (Å²) in [5.74, 6) is -2.27. The lowest BCUT2D eigenvalue weighted by molar-refractivity contribution is -0.128. The van der Waals surface area contributed by atoms with Gasteiger partial charge in [-0.1, -0.05) is 26.5 Å². The van der Waals surface area contributed by atoms with E-state index in [-0.39, 0.29) is 69.9 Å². The van der Waals surface area contributed by atoms with E-state index in [0.717, 1.165) is 0 Å². The van der Waals surface area contributed by atoms with E-state index in [1.165, 1.54) is 39.9 Å². The predicted octanol–water partition coefficient (Wildman–Crippen LogP) is 4.24. The van der Waals surface area contributed by atoms with Crippen LogP contribution < -0.4 is 20.8 Å². The van der Waals surface area contributed by atoms with Crippen LogP contribution in [-0.4, -0.2) is 75.0 Å². The Labute approximate surface area is 264 Å². The number of carbonyl (C=O) groups excluding carboxylic acids is 2. The molecule has 0 aliphatic carbocycles. The van der Waals surface area contributed by atoms with Gasteiger partial charge in [-0.3, -0.25) is 14.6 Å². The highest BCUT2D eigenvalue weighted by Gasteiger charge is 2.35. The van der Waals surface area contributed by atoms with Gasteiger partial charge >= 0.3 is 5.69 Å². The smallest absolute Gasteiger partial charge is 0.355 e. The van der Waals surface area contributed by atoms with Crippen molar-refractivity contribution in [2.24, 2.45) is 0 Å². The van der Waals surface area contributed by atoms with Crippen LogP contribution in [0.15, 0.2) is 54.0 Å². The zero-order valence-corrected chi connectivity index (χ0v) is 26.2. The Morgan fingerprint density at radius 2 is 1.85 bits per heavy atom. The van der Waals surface area contributed by atoms with Crippen LogP contribution in [0, 0.1) is 11.6 Å². The Morgan fingerprint density at radius 3 is 2.57 bits per heavy atom. The van der Waals surface area contributed by atoms with E-state index in [2.05, 4.69) is 21.9 Å². The molecule has 2 atom stereocenters. The molecule has 1 N–H and O–H groups in total. The molecule has 2 bridgehead atoms. The van der Waals surface area contributed by atoms with E-state index < -0.39 is 23.2 Å². The van der Waals surface area contributed by atoms with Gasteiger partial charge in [0.25, 0.3) is 0 Å². The lowest BCUT2D eigenvalue weighted by Crippen LogP contribution is -2.58. The molecule has 238 valence electrons. The minimum absolute atomic E-state index is 0.0127. The van der Waals surface area contributed by atoms with E-state index in [4.69, 9.17) is 4.98 Å². The average Bonchev–Trinajstić information content (AvgIpc) is 3.01. The van der Waals surface area contributed by atoms with Gasteiger partial charge in [0, 0.05) is 44.1 Å². The number of hydrogen-bond donors (Lipinski definition) is 1. The third-order valence-electron chi connectivity index (χ3n) is 8.53. The number of halogens is 2. The van der Waals surface area contributed by atoms with Gasteiger partial charge in [0.1, 0.15) is 17.3 Å². The van der Waals surface area contributed by atoms with Crippen LogP contribution in [0.5, 0.6) is 0 Å². The fraction of sp³-hybridized carbons (Fsp3) is 0.333. The number of aromatic nitrogens is 4. The highest BCUT2D eigenvalue weighted by atomic mass is 19.1. The quantitative estimate of drug-likeness (QED) is 0.335. The average molecular weight is 629 g/mol. The maximum Gasteiger partial charge on any atom is 0.355 e. The van der Waals surface area contributed by atoms with Crippen LogP contribution >= 0.6 is 0 Å². The lowest BCUT2D eigenvalue weighted by Gasteiger charge is -2.44. The number of rotatable bonds is 3. The molecule has 5 heterocycles. The third-order valence-corrected chi connectivity index (χ3v) is 8.53. The first-order valence-corrected chi connectivity index (χ1v) is 15.0. The highest BCUT2D eigenvalue weighted by molar-refractivity contribution is 5.99. The zero-order valence-electron chi connectivity index (χ0n) is 26.2. The van der Waals surface area contributed by atoms with Crippen LogP contribution in [-0.2, 0) is 9.59 Å². The van der Waals surface area contributed by atoms with E-state index in [1.807, 2.05) is 32.6 Å².